The van der Waals surface area contributed by atoms with Crippen LogP contribution in [0, 0.1) is 0 Å². The maximum atomic E-state index is 12.1. The van der Waals surface area contributed by atoms with E-state index in [1.54, 1.807) is 0 Å². The number of likely N-dealkylation sites (tertiary alicyclic amines) is 1. The Kier molecular flexibility index (Phi) is 5.27. The number of benzene rings is 1. The first-order valence-corrected chi connectivity index (χ1v) is 10.5. The van der Waals surface area contributed by atoms with Crippen molar-refractivity contribution < 1.29 is 4.79 Å². The molecule has 0 unspecified atom stereocenters. The fourth-order valence-corrected chi connectivity index (χ4v) is 4.78. The maximum Gasteiger partial charge on any atom is 0.191 e. The first-order valence-electron chi connectivity index (χ1n) is 9.72. The molecule has 1 saturated heterocycles. The summed E-state index contributed by atoms with van der Waals surface area (Å²) in [7, 11) is 0. The number of H-pyrrole nitrogens is 1. The van der Waals surface area contributed by atoms with Crippen LogP contribution in [0.4, 0.5) is 5.00 Å². The van der Waals surface area contributed by atoms with Crippen molar-refractivity contribution in [3.05, 3.63) is 46.7 Å². The van der Waals surface area contributed by atoms with E-state index in [2.05, 4.69) is 45.3 Å². The van der Waals surface area contributed by atoms with Crippen LogP contribution in [-0.4, -0.2) is 33.7 Å². The summed E-state index contributed by atoms with van der Waals surface area (Å²) < 4.78 is 0. The molecule has 6 heteroatoms. The molecule has 0 radical (unpaired) electrons. The van der Waals surface area contributed by atoms with Gasteiger partial charge in [0.1, 0.15) is 5.00 Å². The minimum Gasteiger partial charge on any atom is -0.389 e. The van der Waals surface area contributed by atoms with E-state index >= 15 is 0 Å². The van der Waals surface area contributed by atoms with Crippen molar-refractivity contribution in [2.45, 2.75) is 45.1 Å². The number of ketones is 1. The van der Waals surface area contributed by atoms with Crippen LogP contribution in [0.1, 0.15) is 59.6 Å². The fraction of sp³-hybridized carbons (Fsp3) is 0.429. The molecule has 27 heavy (non-hydrogen) atoms. The van der Waals surface area contributed by atoms with Gasteiger partial charge in [-0.15, -0.1) is 0 Å². The predicted molar refractivity (Wildman–Crippen MR) is 111 cm³/mol. The van der Waals surface area contributed by atoms with Gasteiger partial charge in [-0.25, -0.2) is 4.98 Å². The van der Waals surface area contributed by atoms with Crippen molar-refractivity contribution in [3.63, 3.8) is 0 Å². The van der Waals surface area contributed by atoms with Crippen LogP contribution >= 0.6 is 11.3 Å². The molecule has 0 saturated carbocycles. The van der Waals surface area contributed by atoms with Gasteiger partial charge in [-0.05, 0) is 49.9 Å². The summed E-state index contributed by atoms with van der Waals surface area (Å²) in [6.07, 6.45) is 5.83. The number of thiazole rings is 1. The van der Waals surface area contributed by atoms with Crippen molar-refractivity contribution in [2.24, 2.45) is 0 Å². The van der Waals surface area contributed by atoms with Gasteiger partial charge in [0.2, 0.25) is 0 Å². The molecule has 2 aromatic heterocycles. The monoisotopic (exact) mass is 382 g/mol. The molecule has 1 aliphatic heterocycles. The lowest BCUT2D eigenvalue weighted by Gasteiger charge is -2.31. The summed E-state index contributed by atoms with van der Waals surface area (Å²) in [5.41, 5.74) is 9.65. The van der Waals surface area contributed by atoms with E-state index in [-0.39, 0.29) is 5.78 Å². The SMILES string of the molecule is CCCC(=O)c1nc(CN2CCC(c3c[nH]c4ccccc34)CC2)c(N)s1. The van der Waals surface area contributed by atoms with Gasteiger partial charge in [0.25, 0.3) is 0 Å². The molecule has 3 aromatic rings. The number of hydrogen-bond donors (Lipinski definition) is 2. The summed E-state index contributed by atoms with van der Waals surface area (Å²) in [4.78, 5) is 22.4. The minimum atomic E-state index is 0.110. The number of anilines is 1. The zero-order valence-electron chi connectivity index (χ0n) is 15.7. The lowest BCUT2D eigenvalue weighted by atomic mass is 9.89. The first kappa shape index (κ1) is 18.2. The van der Waals surface area contributed by atoms with E-state index in [1.165, 1.54) is 27.8 Å². The number of piperidine rings is 1. The van der Waals surface area contributed by atoms with Gasteiger partial charge in [-0.3, -0.25) is 9.69 Å². The second-order valence-corrected chi connectivity index (χ2v) is 8.37. The molecule has 0 atom stereocenters. The second kappa shape index (κ2) is 7.82. The van der Waals surface area contributed by atoms with Crippen molar-refractivity contribution in [1.82, 2.24) is 14.9 Å². The number of nitrogens with one attached hydrogen (secondary N) is 1. The van der Waals surface area contributed by atoms with E-state index in [0.717, 1.165) is 44.6 Å². The Morgan fingerprint density at radius 3 is 2.89 bits per heavy atom. The van der Waals surface area contributed by atoms with Crippen LogP contribution in [-0.2, 0) is 6.54 Å². The highest BCUT2D eigenvalue weighted by Gasteiger charge is 2.24. The topological polar surface area (TPSA) is 75.0 Å². The molecule has 0 amide bonds. The largest absolute Gasteiger partial charge is 0.389 e. The molecule has 1 aliphatic rings. The molecule has 0 aliphatic carbocycles. The number of nitrogens with zero attached hydrogens (tertiary/aromatic N) is 2. The Bertz CT molecular complexity index is 937. The zero-order valence-corrected chi connectivity index (χ0v) is 16.5. The van der Waals surface area contributed by atoms with Crippen LogP contribution < -0.4 is 5.73 Å². The quantitative estimate of drug-likeness (QED) is 0.613. The average molecular weight is 383 g/mol. The molecular formula is C21H26N4OS. The number of carbonyl (C=O) groups excluding carboxylic acids is 1. The van der Waals surface area contributed by atoms with E-state index in [9.17, 15) is 4.79 Å². The van der Waals surface area contributed by atoms with Crippen molar-refractivity contribution >= 4 is 33.0 Å². The van der Waals surface area contributed by atoms with Crippen LogP contribution in [0.2, 0.25) is 0 Å². The van der Waals surface area contributed by atoms with Gasteiger partial charge < -0.3 is 10.7 Å². The lowest BCUT2D eigenvalue weighted by molar-refractivity contribution is 0.0981. The molecule has 0 bridgehead atoms. The molecule has 1 fully saturated rings. The normalized spacial score (nSPS) is 16.2. The Morgan fingerprint density at radius 1 is 1.33 bits per heavy atom. The summed E-state index contributed by atoms with van der Waals surface area (Å²) >= 11 is 1.34. The number of nitrogen functional groups attached to an aromatic ring is 1. The molecule has 0 spiro atoms. The zero-order chi connectivity index (χ0) is 18.8. The second-order valence-electron chi connectivity index (χ2n) is 7.34. The van der Waals surface area contributed by atoms with Gasteiger partial charge in [0, 0.05) is 30.1 Å². The first-order chi connectivity index (χ1) is 13.2. The Labute approximate surface area is 163 Å². The van der Waals surface area contributed by atoms with Crippen LogP contribution in [0.5, 0.6) is 0 Å². The lowest BCUT2D eigenvalue weighted by Crippen LogP contribution is -2.32. The highest BCUT2D eigenvalue weighted by atomic mass is 32.1. The third kappa shape index (κ3) is 3.77. The van der Waals surface area contributed by atoms with Gasteiger partial charge in [0.15, 0.2) is 10.8 Å². The summed E-state index contributed by atoms with van der Waals surface area (Å²) in [6.45, 7) is 4.80. The number of Topliss-reactive ketones (excluding diaryl/α,β-unsaturated/α-hetero) is 1. The van der Waals surface area contributed by atoms with Gasteiger partial charge >= 0.3 is 0 Å². The standard InChI is InChI=1S/C21H26N4OS/c1-2-5-19(26)21-24-18(20(22)27-21)13-25-10-8-14(9-11-25)16-12-23-17-7-4-3-6-15(16)17/h3-4,6-7,12,14,23H,2,5,8-11,13,22H2,1H3. The smallest absolute Gasteiger partial charge is 0.191 e. The van der Waals surface area contributed by atoms with Crippen molar-refractivity contribution in [1.29, 1.82) is 0 Å². The number of aromatic amines is 1. The number of para-hydroxylation sites is 1. The summed E-state index contributed by atoms with van der Waals surface area (Å²) in [5, 5.41) is 2.60. The fourth-order valence-electron chi connectivity index (χ4n) is 3.98. The number of rotatable bonds is 6. The average Bonchev–Trinajstić information content (AvgIpc) is 3.27. The van der Waals surface area contributed by atoms with E-state index < -0.39 is 0 Å². The van der Waals surface area contributed by atoms with Crippen LogP contribution in [0.15, 0.2) is 30.5 Å². The van der Waals surface area contributed by atoms with E-state index in [1.807, 2.05) is 6.92 Å². The maximum absolute atomic E-state index is 12.1. The van der Waals surface area contributed by atoms with Crippen molar-refractivity contribution in [3.8, 4) is 0 Å². The van der Waals surface area contributed by atoms with E-state index in [0.29, 0.717) is 22.3 Å². The molecular weight excluding hydrogens is 356 g/mol. The molecule has 4 rings (SSSR count). The molecule has 3 heterocycles. The van der Waals surface area contributed by atoms with Crippen LogP contribution in [0.25, 0.3) is 10.9 Å². The van der Waals surface area contributed by atoms with Crippen LogP contribution in [0.3, 0.4) is 0 Å². The number of hydrogen-bond acceptors (Lipinski definition) is 5. The molecule has 3 N–H and O–H groups in total. The number of carbonyl (C=O) groups is 1. The van der Waals surface area contributed by atoms with E-state index in [4.69, 9.17) is 5.73 Å². The van der Waals surface area contributed by atoms with Gasteiger partial charge in [-0.2, -0.15) is 0 Å². The number of fused-ring (bicyclic) bond motifs is 1. The highest BCUT2D eigenvalue weighted by Crippen LogP contribution is 2.34. The Morgan fingerprint density at radius 2 is 2.11 bits per heavy atom. The van der Waals surface area contributed by atoms with Gasteiger partial charge in [0.05, 0.1) is 5.69 Å². The number of nitrogens with two attached hydrogens (primary N) is 1. The number of aromatic nitrogens is 2. The summed E-state index contributed by atoms with van der Waals surface area (Å²) in [6, 6.07) is 8.52. The minimum absolute atomic E-state index is 0.110. The third-order valence-electron chi connectivity index (χ3n) is 5.47. The predicted octanol–water partition coefficient (Wildman–Crippen LogP) is 4.57. The van der Waals surface area contributed by atoms with Gasteiger partial charge in [-0.1, -0.05) is 36.5 Å². The third-order valence-corrected chi connectivity index (χ3v) is 6.43. The molecule has 1 aromatic carbocycles. The molecule has 142 valence electrons. The Balaban J connectivity index is 1.39. The highest BCUT2D eigenvalue weighted by molar-refractivity contribution is 7.17. The van der Waals surface area contributed by atoms with Crippen molar-refractivity contribution in [2.75, 3.05) is 18.8 Å². The Hall–Kier alpha value is -2.18. The molecule has 5 nitrogen and oxygen atoms in total. The summed E-state index contributed by atoms with van der Waals surface area (Å²) in [5.74, 6) is 0.699.